The van der Waals surface area contributed by atoms with E-state index in [-0.39, 0.29) is 126 Å². The van der Waals surface area contributed by atoms with Gasteiger partial charge in [0.15, 0.2) is 28.5 Å². The van der Waals surface area contributed by atoms with Gasteiger partial charge in [0.25, 0.3) is 5.91 Å². The number of unbranched alkanes of at least 4 members (excludes halogenated alkanes) is 2. The van der Waals surface area contributed by atoms with Gasteiger partial charge in [-0.05, 0) is 81.5 Å². The number of hydrogen-bond donors (Lipinski definition) is 5. The summed E-state index contributed by atoms with van der Waals surface area (Å²) in [5.74, 6) is -3.10. The molecule has 25 nitrogen and oxygen atoms in total. The minimum Gasteiger partial charge on any atom is -0.480 e. The van der Waals surface area contributed by atoms with Crippen LogP contribution in [0.5, 0.6) is 6.01 Å². The molecule has 6 aromatic heterocycles. The van der Waals surface area contributed by atoms with Crippen LogP contribution in [0, 0.1) is 25.1 Å². The molecule has 83 heavy (non-hydrogen) atoms. The zero-order valence-electron chi connectivity index (χ0n) is 45.7. The third-order valence-corrected chi connectivity index (χ3v) is 13.6. The Labute approximate surface area is 479 Å². The molecule has 0 bridgehead atoms. The highest BCUT2D eigenvalue weighted by Crippen LogP contribution is 2.37. The number of aryl methyl sites for hydroxylation is 2. The largest absolute Gasteiger partial charge is 0.480 e. The van der Waals surface area contributed by atoms with Crippen molar-refractivity contribution in [1.82, 2.24) is 64.7 Å². The number of benzene rings is 2. The lowest BCUT2D eigenvalue weighted by Crippen LogP contribution is -2.43. The summed E-state index contributed by atoms with van der Waals surface area (Å²) in [6, 6.07) is 10.1. The molecule has 0 fully saturated rings. The van der Waals surface area contributed by atoms with Crippen molar-refractivity contribution >= 4 is 80.4 Å². The van der Waals surface area contributed by atoms with E-state index in [0.29, 0.717) is 53.5 Å². The normalized spacial score (nSPS) is 12.0. The molecule has 0 aliphatic heterocycles. The van der Waals surface area contributed by atoms with E-state index in [2.05, 4.69) is 65.7 Å². The van der Waals surface area contributed by atoms with Gasteiger partial charge in [-0.2, -0.15) is 9.97 Å². The van der Waals surface area contributed by atoms with Crippen molar-refractivity contribution in [2.24, 2.45) is 0 Å². The number of carbonyl (C=O) groups is 3. The SMILES string of the molecule is [C-]#[N+]c1ccc(F)c([C@@H](C)Nc2c(Cl)c(C)nc3cc(F)c(-c4cnc(OCCCCCn5cc(COCCOCCN(C)C(=O)CC[C@@H](C(=O)O)N(C)C(=O)c6ccc(NCc7cnc8nc(N)nc(N)c8n7)cc6)nn5)nc4)nc23)c1. The molecular weight excluding hydrogens is 1100 g/mol. The number of carboxylic acid groups (broad SMARTS) is 1. The zero-order valence-corrected chi connectivity index (χ0v) is 46.5. The second kappa shape index (κ2) is 27.9. The maximum atomic E-state index is 15.5. The van der Waals surface area contributed by atoms with E-state index < -0.39 is 35.6 Å². The Balaban J connectivity index is 0.681. The molecule has 6 heterocycles. The first-order valence-electron chi connectivity index (χ1n) is 26.2. The number of aliphatic carboxylic acids is 1. The number of amides is 2. The number of nitrogens with zero attached hydrogens (tertiary/aromatic N) is 14. The van der Waals surface area contributed by atoms with E-state index in [4.69, 9.17) is 43.9 Å². The average Bonchev–Trinajstić information content (AvgIpc) is 4.12. The van der Waals surface area contributed by atoms with Gasteiger partial charge in [-0.15, -0.1) is 5.10 Å². The summed E-state index contributed by atoms with van der Waals surface area (Å²) in [5, 5.41) is 25.0. The van der Waals surface area contributed by atoms with Crippen molar-refractivity contribution in [1.29, 1.82) is 0 Å². The van der Waals surface area contributed by atoms with Gasteiger partial charge in [0.05, 0.1) is 92.2 Å². The Bertz CT molecular complexity index is 3650. The van der Waals surface area contributed by atoms with Gasteiger partial charge < -0.3 is 51.2 Å². The summed E-state index contributed by atoms with van der Waals surface area (Å²) < 4.78 is 49.2. The third-order valence-electron chi connectivity index (χ3n) is 13.1. The summed E-state index contributed by atoms with van der Waals surface area (Å²) in [5.41, 5.74) is 16.3. The molecule has 2 amide bonds. The molecule has 0 saturated heterocycles. The topological polar surface area (TPSA) is 320 Å². The van der Waals surface area contributed by atoms with E-state index in [9.17, 15) is 23.9 Å². The number of anilines is 4. The van der Waals surface area contributed by atoms with Gasteiger partial charge in [-0.3, -0.25) is 14.3 Å². The van der Waals surface area contributed by atoms with Crippen LogP contribution in [0.25, 0.3) is 38.3 Å². The lowest BCUT2D eigenvalue weighted by Gasteiger charge is -2.26. The first-order valence-corrected chi connectivity index (χ1v) is 26.6. The molecule has 0 spiro atoms. The van der Waals surface area contributed by atoms with Gasteiger partial charge in [0.1, 0.15) is 28.8 Å². The number of rotatable bonds is 28. The summed E-state index contributed by atoms with van der Waals surface area (Å²) >= 11 is 6.69. The Morgan fingerprint density at radius 3 is 2.41 bits per heavy atom. The van der Waals surface area contributed by atoms with Crippen molar-refractivity contribution in [2.75, 3.05) is 69.2 Å². The molecule has 7 N–H and O–H groups in total. The molecule has 8 rings (SSSR count). The molecule has 432 valence electrons. The van der Waals surface area contributed by atoms with Crippen LogP contribution in [0.3, 0.4) is 0 Å². The number of nitrogens with one attached hydrogen (secondary N) is 2. The smallest absolute Gasteiger partial charge is 0.326 e. The van der Waals surface area contributed by atoms with Crippen LogP contribution in [-0.4, -0.2) is 141 Å². The van der Waals surface area contributed by atoms with Gasteiger partial charge in [0.2, 0.25) is 11.9 Å². The predicted molar refractivity (Wildman–Crippen MR) is 303 cm³/mol. The molecule has 8 aromatic rings. The maximum absolute atomic E-state index is 15.5. The number of halogens is 3. The third kappa shape index (κ3) is 15.5. The first kappa shape index (κ1) is 59.7. The highest BCUT2D eigenvalue weighted by Gasteiger charge is 2.29. The Morgan fingerprint density at radius 1 is 0.880 bits per heavy atom. The molecule has 0 aliphatic rings. The number of ether oxygens (including phenoxy) is 3. The number of aromatic nitrogens is 11. The molecule has 0 unspecified atom stereocenters. The fraction of sp³-hybridized carbons (Fsp3) is 0.345. The summed E-state index contributed by atoms with van der Waals surface area (Å²) in [4.78, 5) is 78.6. The van der Waals surface area contributed by atoms with Crippen LogP contribution in [0.1, 0.15) is 78.1 Å². The summed E-state index contributed by atoms with van der Waals surface area (Å²) in [6.45, 7) is 13.2. The van der Waals surface area contributed by atoms with E-state index in [1.165, 1.54) is 54.8 Å². The molecule has 2 aromatic carbocycles. The lowest BCUT2D eigenvalue weighted by atomic mass is 10.1. The number of likely N-dealkylation sites (N-methyl/N-ethyl adjacent to an activating group) is 2. The fourth-order valence-electron chi connectivity index (χ4n) is 8.56. The standard InChI is InChI=1S/C55H59ClF2N18O7/c1-31(39-23-36(61-3)13-14-40(39)57)67-48-45(56)32(2)66-42-24-41(58)46(69-47(42)48)34-25-64-55(65-26-34)83-19-8-6-7-17-76-29-38(72-73-76)30-82-22-21-81-20-18-74(4)44(77)16-15-43(53(79)80)75(5)52(78)33-9-11-35(12-10-33)62-27-37-28-63-51-49(68-37)50(59)70-54(60)71-51/h9-14,23-26,28-29,31,43,62H,6-8,15-22,27,30H2,1-2,4-5H3,(H,66,67)(H,79,80)(H4,59,60,63,70,71)/t31-,43+/m1/s1. The minimum atomic E-state index is -1.24. The van der Waals surface area contributed by atoms with Gasteiger partial charge in [0, 0.05) is 68.9 Å². The first-order chi connectivity index (χ1) is 40.0. The zero-order chi connectivity index (χ0) is 59.2. The van der Waals surface area contributed by atoms with Crippen LogP contribution < -0.4 is 26.8 Å². The molecule has 0 saturated carbocycles. The molecule has 0 radical (unpaired) electrons. The van der Waals surface area contributed by atoms with E-state index in [0.717, 1.165) is 17.7 Å². The van der Waals surface area contributed by atoms with Crippen molar-refractivity contribution < 1.29 is 42.5 Å². The number of nitrogen functional groups attached to an aromatic ring is 2. The van der Waals surface area contributed by atoms with E-state index in [1.54, 1.807) is 56.0 Å². The van der Waals surface area contributed by atoms with Crippen LogP contribution in [-0.2, 0) is 38.8 Å². The van der Waals surface area contributed by atoms with E-state index >= 15 is 4.39 Å². The molecule has 2 atom stereocenters. The van der Waals surface area contributed by atoms with Gasteiger partial charge >= 0.3 is 12.0 Å². The Hall–Kier alpha value is -9.39. The Kier molecular flexibility index (Phi) is 20.0. The fourth-order valence-corrected chi connectivity index (χ4v) is 8.75. The highest BCUT2D eigenvalue weighted by molar-refractivity contribution is 6.35. The number of carboxylic acids is 1. The second-order valence-corrected chi connectivity index (χ2v) is 19.5. The van der Waals surface area contributed by atoms with E-state index in [1.807, 2.05) is 0 Å². The van der Waals surface area contributed by atoms with Crippen molar-refractivity contribution in [3.05, 3.63) is 130 Å². The summed E-state index contributed by atoms with van der Waals surface area (Å²) in [6.07, 6.45) is 8.27. The number of hydrogen-bond acceptors (Lipinski definition) is 20. The average molecular weight is 1160 g/mol. The van der Waals surface area contributed by atoms with Crippen molar-refractivity contribution in [3.63, 3.8) is 0 Å². The van der Waals surface area contributed by atoms with Crippen molar-refractivity contribution in [2.45, 2.75) is 77.7 Å². The van der Waals surface area contributed by atoms with Gasteiger partial charge in [-0.25, -0.2) is 48.3 Å². The minimum absolute atomic E-state index is 0.00302. The number of pyridine rings is 2. The summed E-state index contributed by atoms with van der Waals surface area (Å²) in [7, 11) is 2.99. The maximum Gasteiger partial charge on any atom is 0.326 e. The predicted octanol–water partition coefficient (Wildman–Crippen LogP) is 7.40. The van der Waals surface area contributed by atoms with Crippen LogP contribution in [0.15, 0.2) is 73.3 Å². The van der Waals surface area contributed by atoms with Gasteiger partial charge in [-0.1, -0.05) is 22.9 Å². The highest BCUT2D eigenvalue weighted by atomic mass is 35.5. The molecule has 28 heteroatoms. The monoisotopic (exact) mass is 1160 g/mol. The second-order valence-electron chi connectivity index (χ2n) is 19.1. The number of nitrogens with two attached hydrogens (primary N) is 2. The number of carbonyl (C=O) groups excluding carboxylic acids is 2. The quantitative estimate of drug-likeness (QED) is 0.0235. The lowest BCUT2D eigenvalue weighted by molar-refractivity contribution is -0.142. The number of fused-ring (bicyclic) bond motifs is 2. The molecular formula is C55H59ClF2N18O7. The van der Waals surface area contributed by atoms with Crippen molar-refractivity contribution in [3.8, 4) is 17.3 Å². The van der Waals surface area contributed by atoms with Crippen LogP contribution in [0.4, 0.5) is 37.6 Å². The van der Waals surface area contributed by atoms with Crippen LogP contribution >= 0.6 is 11.6 Å². The van der Waals surface area contributed by atoms with Crippen LogP contribution in [0.2, 0.25) is 5.02 Å². The Morgan fingerprint density at radius 2 is 1.65 bits per heavy atom. The molecule has 0 aliphatic carbocycles.